The lowest BCUT2D eigenvalue weighted by atomic mass is 9.96. The van der Waals surface area contributed by atoms with Gasteiger partial charge in [-0.1, -0.05) is 0 Å². The van der Waals surface area contributed by atoms with Crippen LogP contribution in [0.4, 0.5) is 5.69 Å². The molecule has 0 radical (unpaired) electrons. The van der Waals surface area contributed by atoms with Crippen LogP contribution >= 0.6 is 0 Å². The number of sulfonamides is 1. The first-order valence-corrected chi connectivity index (χ1v) is 11.1. The molecule has 0 unspecified atom stereocenters. The number of anilines is 1. The van der Waals surface area contributed by atoms with E-state index in [9.17, 15) is 13.2 Å². The van der Waals surface area contributed by atoms with E-state index in [0.717, 1.165) is 19.3 Å². The van der Waals surface area contributed by atoms with Crippen LogP contribution in [0.25, 0.3) is 11.1 Å². The summed E-state index contributed by atoms with van der Waals surface area (Å²) in [6, 6.07) is 6.62. The molecule has 0 bridgehead atoms. The molecule has 1 heterocycles. The molecular weight excluding hydrogens is 380 g/mol. The number of rotatable bonds is 8. The molecule has 28 heavy (non-hydrogen) atoms. The fourth-order valence-corrected chi connectivity index (χ4v) is 3.55. The monoisotopic (exact) mass is 406 g/mol. The normalized spacial score (nSPS) is 14.4. The first-order chi connectivity index (χ1) is 13.3. The molecule has 1 aliphatic carbocycles. The van der Waals surface area contributed by atoms with Crippen molar-refractivity contribution in [1.29, 1.82) is 0 Å². The zero-order valence-corrected chi connectivity index (χ0v) is 17.2. The summed E-state index contributed by atoms with van der Waals surface area (Å²) >= 11 is 0. The summed E-state index contributed by atoms with van der Waals surface area (Å²) in [5, 5.41) is 0. The molecule has 1 saturated carbocycles. The van der Waals surface area contributed by atoms with Crippen LogP contribution in [-0.2, 0) is 17.1 Å². The lowest BCUT2D eigenvalue weighted by Gasteiger charge is -2.28. The van der Waals surface area contributed by atoms with Crippen molar-refractivity contribution in [2.24, 2.45) is 7.05 Å². The van der Waals surface area contributed by atoms with Crippen LogP contribution in [0.3, 0.4) is 0 Å². The highest BCUT2D eigenvalue weighted by molar-refractivity contribution is 7.92. The predicted molar refractivity (Wildman–Crippen MR) is 110 cm³/mol. The molecule has 1 fully saturated rings. The predicted octanol–water partition coefficient (Wildman–Crippen LogP) is 3.14. The highest BCUT2D eigenvalue weighted by Gasteiger charge is 2.23. The second-order valence-corrected chi connectivity index (χ2v) is 8.83. The lowest BCUT2D eigenvalue weighted by molar-refractivity contribution is 0.121. The van der Waals surface area contributed by atoms with Crippen molar-refractivity contribution in [1.82, 2.24) is 4.57 Å². The molecule has 1 aromatic carbocycles. The van der Waals surface area contributed by atoms with Gasteiger partial charge in [-0.05, 0) is 51.3 Å². The minimum absolute atomic E-state index is 0.0211. The van der Waals surface area contributed by atoms with Crippen molar-refractivity contribution in [2.75, 3.05) is 17.1 Å². The highest BCUT2D eigenvalue weighted by Crippen LogP contribution is 2.39. The van der Waals surface area contributed by atoms with Gasteiger partial charge in [0.2, 0.25) is 10.0 Å². The molecule has 152 valence electrons. The van der Waals surface area contributed by atoms with E-state index < -0.39 is 10.0 Å². The van der Waals surface area contributed by atoms with Gasteiger partial charge in [-0.15, -0.1) is 0 Å². The van der Waals surface area contributed by atoms with Gasteiger partial charge < -0.3 is 14.0 Å². The maximum atomic E-state index is 12.1. The number of ether oxygens (including phenoxy) is 2. The van der Waals surface area contributed by atoms with Crippen LogP contribution in [0.15, 0.2) is 35.3 Å². The summed E-state index contributed by atoms with van der Waals surface area (Å²) in [5.41, 5.74) is 1.61. The smallest absolute Gasteiger partial charge is 0.254 e. The Morgan fingerprint density at radius 1 is 1.14 bits per heavy atom. The summed E-state index contributed by atoms with van der Waals surface area (Å²) in [5.74, 6) is 1.07. The van der Waals surface area contributed by atoms with E-state index in [0.29, 0.717) is 34.9 Å². The Kier molecular flexibility index (Phi) is 5.98. The summed E-state index contributed by atoms with van der Waals surface area (Å²) < 4.78 is 39.8. The number of aryl methyl sites for hydroxylation is 1. The summed E-state index contributed by atoms with van der Waals surface area (Å²) in [7, 11) is -1.75. The minimum Gasteiger partial charge on any atom is -0.493 e. The van der Waals surface area contributed by atoms with Gasteiger partial charge in [0, 0.05) is 36.1 Å². The Morgan fingerprint density at radius 2 is 1.89 bits per heavy atom. The van der Waals surface area contributed by atoms with E-state index in [1.165, 1.54) is 10.6 Å². The zero-order chi connectivity index (χ0) is 20.3. The molecule has 8 heteroatoms. The van der Waals surface area contributed by atoms with E-state index in [4.69, 9.17) is 9.47 Å². The maximum Gasteiger partial charge on any atom is 0.254 e. The number of nitrogens with one attached hydrogen (secondary N) is 1. The largest absolute Gasteiger partial charge is 0.493 e. The maximum absolute atomic E-state index is 12.1. The third kappa shape index (κ3) is 4.49. The molecule has 1 aliphatic rings. The highest BCUT2D eigenvalue weighted by atomic mass is 32.2. The van der Waals surface area contributed by atoms with Crippen molar-refractivity contribution in [2.45, 2.75) is 39.2 Å². The van der Waals surface area contributed by atoms with Crippen molar-refractivity contribution >= 4 is 15.7 Å². The number of nitrogens with zero attached hydrogens (tertiary/aromatic N) is 1. The SMILES string of the molecule is CCOc1cc(=O)n(C)cc1-c1cc(NS(=O)(=O)CC)ccc1OC1CCC1. The number of hydrogen-bond acceptors (Lipinski definition) is 5. The fraction of sp³-hybridized carbons (Fsp3) is 0.450. The van der Waals surface area contributed by atoms with Gasteiger partial charge in [-0.2, -0.15) is 0 Å². The summed E-state index contributed by atoms with van der Waals surface area (Å²) in [6.45, 7) is 3.83. The Hall–Kier alpha value is -2.48. The minimum atomic E-state index is -3.41. The third-order valence-electron chi connectivity index (χ3n) is 4.76. The fourth-order valence-electron chi connectivity index (χ4n) is 2.92. The van der Waals surface area contributed by atoms with Gasteiger partial charge in [0.1, 0.15) is 11.5 Å². The third-order valence-corrected chi connectivity index (χ3v) is 6.07. The molecule has 0 saturated heterocycles. The van der Waals surface area contributed by atoms with Gasteiger partial charge in [0.15, 0.2) is 0 Å². The van der Waals surface area contributed by atoms with Gasteiger partial charge >= 0.3 is 0 Å². The Bertz CT molecular complexity index is 1010. The standard InChI is InChI=1S/C20H26N2O5S/c1-4-26-19-12-20(23)22(3)13-17(19)16-11-14(21-28(24,25)5-2)9-10-18(16)27-15-7-6-8-15/h9-13,15,21H,4-8H2,1-3H3. The Labute approximate surface area is 165 Å². The van der Waals surface area contributed by atoms with E-state index >= 15 is 0 Å². The average Bonchev–Trinajstić information content (AvgIpc) is 2.62. The molecule has 0 amide bonds. The first kappa shape index (κ1) is 20.3. The van der Waals surface area contributed by atoms with Gasteiger partial charge in [-0.25, -0.2) is 8.42 Å². The first-order valence-electron chi connectivity index (χ1n) is 9.48. The Morgan fingerprint density at radius 3 is 2.50 bits per heavy atom. The van der Waals surface area contributed by atoms with Gasteiger partial charge in [0.25, 0.3) is 5.56 Å². The van der Waals surface area contributed by atoms with Crippen molar-refractivity contribution in [3.8, 4) is 22.6 Å². The molecule has 1 N–H and O–H groups in total. The summed E-state index contributed by atoms with van der Waals surface area (Å²) in [4.78, 5) is 12.1. The number of benzene rings is 1. The van der Waals surface area contributed by atoms with Crippen LogP contribution in [0.2, 0.25) is 0 Å². The summed E-state index contributed by atoms with van der Waals surface area (Å²) in [6.07, 6.45) is 4.97. The van der Waals surface area contributed by atoms with Crippen LogP contribution in [-0.4, -0.2) is 31.4 Å². The van der Waals surface area contributed by atoms with Crippen LogP contribution < -0.4 is 19.8 Å². The number of hydrogen-bond donors (Lipinski definition) is 1. The number of pyridine rings is 1. The Balaban J connectivity index is 2.12. The van der Waals surface area contributed by atoms with Crippen molar-refractivity contribution in [3.05, 3.63) is 40.8 Å². The van der Waals surface area contributed by atoms with Crippen LogP contribution in [0.1, 0.15) is 33.1 Å². The van der Waals surface area contributed by atoms with Gasteiger partial charge in [-0.3, -0.25) is 9.52 Å². The van der Waals surface area contributed by atoms with Gasteiger partial charge in [0.05, 0.1) is 18.5 Å². The molecule has 7 nitrogen and oxygen atoms in total. The molecular formula is C20H26N2O5S. The second-order valence-electron chi connectivity index (χ2n) is 6.82. The van der Waals surface area contributed by atoms with E-state index in [-0.39, 0.29) is 17.4 Å². The van der Waals surface area contributed by atoms with Crippen molar-refractivity contribution < 1.29 is 17.9 Å². The number of aromatic nitrogens is 1. The zero-order valence-electron chi connectivity index (χ0n) is 16.4. The van der Waals surface area contributed by atoms with Crippen molar-refractivity contribution in [3.63, 3.8) is 0 Å². The molecule has 0 aliphatic heterocycles. The van der Waals surface area contributed by atoms with E-state index in [2.05, 4.69) is 4.72 Å². The van der Waals surface area contributed by atoms with E-state index in [1.54, 1.807) is 38.4 Å². The van der Waals surface area contributed by atoms with Crippen LogP contribution in [0, 0.1) is 0 Å². The average molecular weight is 407 g/mol. The lowest BCUT2D eigenvalue weighted by Crippen LogP contribution is -2.25. The molecule has 1 aromatic heterocycles. The second kappa shape index (κ2) is 8.26. The molecule has 2 aromatic rings. The molecule has 0 spiro atoms. The molecule has 3 rings (SSSR count). The quantitative estimate of drug-likeness (QED) is 0.728. The topological polar surface area (TPSA) is 86.6 Å². The molecule has 0 atom stereocenters. The van der Waals surface area contributed by atoms with E-state index in [1.807, 2.05) is 6.92 Å². The van der Waals surface area contributed by atoms with Crippen LogP contribution in [0.5, 0.6) is 11.5 Å².